The monoisotopic (exact) mass is 591 g/mol. The molecule has 0 saturated carbocycles. The lowest BCUT2D eigenvalue weighted by Crippen LogP contribution is -2.38. The third-order valence-electron chi connectivity index (χ3n) is 6.45. The maximum Gasteiger partial charge on any atom is 0.490 e. The van der Waals surface area contributed by atoms with Gasteiger partial charge in [-0.25, -0.2) is 14.6 Å². The normalized spacial score (nSPS) is 23.4. The number of ether oxygens (including phenoxy) is 2. The lowest BCUT2D eigenvalue weighted by atomic mass is 9.97. The topological polar surface area (TPSA) is 130 Å². The van der Waals surface area contributed by atoms with E-state index in [1.165, 1.54) is 12.3 Å². The molecule has 4 heterocycles. The molecule has 1 amide bonds. The van der Waals surface area contributed by atoms with E-state index in [4.69, 9.17) is 29.3 Å². The van der Waals surface area contributed by atoms with Crippen LogP contribution in [0.1, 0.15) is 23.2 Å². The molecule has 1 aromatic rings. The molecule has 0 radical (unpaired) electrons. The first-order valence-corrected chi connectivity index (χ1v) is 11.9. The average molecular weight is 591 g/mol. The molecule has 0 bridgehead atoms. The number of carbonyl (C=O) groups excluding carboxylic acids is 1. The SMILES string of the molecule is CN1CCC(CO[C@@H]2CN(C(=O)c3ccnc(F)c3)[C@@H]3COC[C@@H]32)CC1.O=C(O)C(F)(F)F.O=C(O)C(F)(F)F. The average Bonchev–Trinajstić information content (AvgIpc) is 3.46. The molecule has 4 rings (SSSR count). The minimum Gasteiger partial charge on any atom is -0.475 e. The number of nitrogens with zero attached hydrogens (tertiary/aromatic N) is 3. The van der Waals surface area contributed by atoms with Crippen LogP contribution in [0.3, 0.4) is 0 Å². The van der Waals surface area contributed by atoms with E-state index >= 15 is 0 Å². The Hall–Kier alpha value is -3.05. The van der Waals surface area contributed by atoms with Crippen molar-refractivity contribution in [2.24, 2.45) is 11.8 Å². The number of hydrogen-bond donors (Lipinski definition) is 2. The fraction of sp³-hybridized carbons (Fsp3) is 0.652. The highest BCUT2D eigenvalue weighted by Gasteiger charge is 2.48. The number of pyridine rings is 1. The molecule has 0 aromatic carbocycles. The number of halogens is 7. The Morgan fingerprint density at radius 2 is 1.60 bits per heavy atom. The Morgan fingerprint density at radius 1 is 1.05 bits per heavy atom. The van der Waals surface area contributed by atoms with Gasteiger partial charge in [0.15, 0.2) is 0 Å². The zero-order valence-corrected chi connectivity index (χ0v) is 21.1. The molecule has 3 aliphatic heterocycles. The highest BCUT2D eigenvalue weighted by molar-refractivity contribution is 5.94. The molecule has 0 unspecified atom stereocenters. The first-order chi connectivity index (χ1) is 18.5. The van der Waals surface area contributed by atoms with Crippen LogP contribution in [0, 0.1) is 17.8 Å². The molecular weight excluding hydrogens is 563 g/mol. The molecule has 0 spiro atoms. The maximum absolute atomic E-state index is 13.4. The van der Waals surface area contributed by atoms with Crippen LogP contribution in [0.5, 0.6) is 0 Å². The number of carboxylic acid groups (broad SMARTS) is 2. The highest BCUT2D eigenvalue weighted by Crippen LogP contribution is 2.34. The van der Waals surface area contributed by atoms with Crippen molar-refractivity contribution >= 4 is 17.8 Å². The number of rotatable bonds is 4. The van der Waals surface area contributed by atoms with E-state index < -0.39 is 30.2 Å². The number of piperidine rings is 1. The minimum absolute atomic E-state index is 0.00205. The van der Waals surface area contributed by atoms with E-state index in [9.17, 15) is 35.5 Å². The van der Waals surface area contributed by atoms with Gasteiger partial charge >= 0.3 is 24.3 Å². The van der Waals surface area contributed by atoms with Gasteiger partial charge in [-0.15, -0.1) is 0 Å². The third-order valence-corrected chi connectivity index (χ3v) is 6.45. The molecule has 226 valence electrons. The predicted octanol–water partition coefficient (Wildman–Crippen LogP) is 2.69. The second-order valence-electron chi connectivity index (χ2n) is 9.32. The second kappa shape index (κ2) is 14.0. The lowest BCUT2D eigenvalue weighted by molar-refractivity contribution is -0.193. The minimum atomic E-state index is -5.08. The molecule has 10 nitrogen and oxygen atoms in total. The lowest BCUT2D eigenvalue weighted by Gasteiger charge is -2.30. The van der Waals surface area contributed by atoms with Crippen LogP contribution < -0.4 is 0 Å². The van der Waals surface area contributed by atoms with Gasteiger partial charge in [-0.05, 0) is 45.0 Å². The van der Waals surface area contributed by atoms with Crippen LogP contribution in [0.15, 0.2) is 18.3 Å². The summed E-state index contributed by atoms with van der Waals surface area (Å²) in [6.07, 6.45) is -6.52. The van der Waals surface area contributed by atoms with E-state index in [1.807, 2.05) is 0 Å². The molecular formula is C23H28F7N3O7. The maximum atomic E-state index is 13.4. The van der Waals surface area contributed by atoms with Crippen molar-refractivity contribution in [3.8, 4) is 0 Å². The van der Waals surface area contributed by atoms with Gasteiger partial charge in [-0.3, -0.25) is 4.79 Å². The van der Waals surface area contributed by atoms with Gasteiger partial charge < -0.3 is 29.5 Å². The Balaban J connectivity index is 0.000000333. The van der Waals surface area contributed by atoms with Crippen molar-refractivity contribution in [1.29, 1.82) is 0 Å². The van der Waals surface area contributed by atoms with Crippen LogP contribution >= 0.6 is 0 Å². The number of amides is 1. The number of fused-ring (bicyclic) bond motifs is 1. The Labute approximate surface area is 223 Å². The van der Waals surface area contributed by atoms with Crippen LogP contribution in [-0.4, -0.2) is 114 Å². The van der Waals surface area contributed by atoms with Crippen LogP contribution in [-0.2, 0) is 19.1 Å². The van der Waals surface area contributed by atoms with Crippen molar-refractivity contribution in [3.05, 3.63) is 29.8 Å². The third kappa shape index (κ3) is 9.85. The molecule has 17 heteroatoms. The molecule has 1 aromatic heterocycles. The molecule has 0 aliphatic carbocycles. The summed E-state index contributed by atoms with van der Waals surface area (Å²) in [7, 11) is 2.15. The second-order valence-corrected chi connectivity index (χ2v) is 9.32. The summed E-state index contributed by atoms with van der Waals surface area (Å²) in [5.41, 5.74) is 0.333. The Kier molecular flexibility index (Phi) is 11.6. The molecule has 40 heavy (non-hydrogen) atoms. The number of likely N-dealkylation sites (tertiary alicyclic amines) is 2. The molecule has 2 N–H and O–H groups in total. The van der Waals surface area contributed by atoms with E-state index in [0.717, 1.165) is 32.5 Å². The van der Waals surface area contributed by atoms with E-state index in [-0.39, 0.29) is 24.0 Å². The Morgan fingerprint density at radius 3 is 2.10 bits per heavy atom. The quantitative estimate of drug-likeness (QED) is 0.401. The van der Waals surface area contributed by atoms with E-state index in [1.54, 1.807) is 11.0 Å². The van der Waals surface area contributed by atoms with E-state index in [0.29, 0.717) is 31.2 Å². The molecule has 3 saturated heterocycles. The molecule has 3 aliphatic rings. The van der Waals surface area contributed by atoms with Gasteiger partial charge in [-0.1, -0.05) is 0 Å². The fourth-order valence-electron chi connectivity index (χ4n) is 4.30. The van der Waals surface area contributed by atoms with Gasteiger partial charge in [0.25, 0.3) is 5.91 Å². The first kappa shape index (κ1) is 33.2. The van der Waals surface area contributed by atoms with Crippen molar-refractivity contribution in [1.82, 2.24) is 14.8 Å². The van der Waals surface area contributed by atoms with Crippen LogP contribution in [0.4, 0.5) is 30.7 Å². The summed E-state index contributed by atoms with van der Waals surface area (Å²) < 4.78 is 88.7. The van der Waals surface area contributed by atoms with Crippen molar-refractivity contribution in [2.45, 2.75) is 37.3 Å². The van der Waals surface area contributed by atoms with Crippen molar-refractivity contribution < 1.29 is 64.8 Å². The van der Waals surface area contributed by atoms with Gasteiger partial charge in [-0.2, -0.15) is 30.7 Å². The number of aromatic nitrogens is 1. The van der Waals surface area contributed by atoms with E-state index in [2.05, 4.69) is 16.9 Å². The standard InChI is InChI=1S/C19H26FN3O3.2C2HF3O2/c1-22-6-3-13(4-7-22)10-26-17-9-23(16-12-25-11-15(16)17)19(24)14-2-5-21-18(20)8-14;2*3-2(4,5)1(6)7/h2,5,8,13,15-17H,3-4,6-7,9-12H2,1H3;2*(H,6,7)/t15-,16+,17+;;/m0../s1. The van der Waals surface area contributed by atoms with Gasteiger partial charge in [0.05, 0.1) is 25.4 Å². The fourth-order valence-corrected chi connectivity index (χ4v) is 4.30. The molecule has 3 fully saturated rings. The first-order valence-electron chi connectivity index (χ1n) is 11.9. The van der Waals surface area contributed by atoms with Crippen molar-refractivity contribution in [3.63, 3.8) is 0 Å². The van der Waals surface area contributed by atoms with Crippen molar-refractivity contribution in [2.75, 3.05) is 46.5 Å². The van der Waals surface area contributed by atoms with Gasteiger partial charge in [0.1, 0.15) is 0 Å². The predicted molar refractivity (Wildman–Crippen MR) is 121 cm³/mol. The highest BCUT2D eigenvalue weighted by atomic mass is 19.4. The van der Waals surface area contributed by atoms with Gasteiger partial charge in [0, 0.05) is 36.9 Å². The zero-order valence-electron chi connectivity index (χ0n) is 21.1. The zero-order chi connectivity index (χ0) is 30.3. The summed E-state index contributed by atoms with van der Waals surface area (Å²) in [5.74, 6) is -5.52. The van der Waals surface area contributed by atoms with Crippen LogP contribution in [0.25, 0.3) is 0 Å². The summed E-state index contributed by atoms with van der Waals surface area (Å²) in [4.78, 5) is 38.3. The summed E-state index contributed by atoms with van der Waals surface area (Å²) in [6.45, 7) is 4.68. The van der Waals surface area contributed by atoms with Gasteiger partial charge in [0.2, 0.25) is 5.95 Å². The number of alkyl halides is 6. The number of carboxylic acids is 2. The number of aliphatic carboxylic acids is 2. The number of carbonyl (C=O) groups is 3. The smallest absolute Gasteiger partial charge is 0.475 e. The summed E-state index contributed by atoms with van der Waals surface area (Å²) in [6, 6.07) is 2.77. The molecule has 3 atom stereocenters. The number of hydrogen-bond acceptors (Lipinski definition) is 7. The largest absolute Gasteiger partial charge is 0.490 e. The van der Waals surface area contributed by atoms with Crippen LogP contribution in [0.2, 0.25) is 0 Å². The summed E-state index contributed by atoms with van der Waals surface area (Å²) >= 11 is 0. The Bertz CT molecular complexity index is 993. The summed E-state index contributed by atoms with van der Waals surface area (Å²) in [5, 5.41) is 14.2.